The highest BCUT2D eigenvalue weighted by atomic mass is 16.3. The topological polar surface area (TPSA) is 67.2 Å². The molecule has 25 heavy (non-hydrogen) atoms. The Labute approximate surface area is 149 Å². The third kappa shape index (κ3) is 3.47. The van der Waals surface area contributed by atoms with Crippen molar-refractivity contribution in [2.45, 2.75) is 52.6 Å². The molecule has 1 fully saturated rings. The summed E-state index contributed by atoms with van der Waals surface area (Å²) in [6, 6.07) is 7.84. The fraction of sp³-hybridized carbons (Fsp3) is 0.500. The minimum absolute atomic E-state index is 0.0313. The van der Waals surface area contributed by atoms with E-state index in [0.29, 0.717) is 12.1 Å². The number of amides is 1. The number of hydrogen-bond acceptors (Lipinski definition) is 3. The molecule has 2 unspecified atom stereocenters. The summed E-state index contributed by atoms with van der Waals surface area (Å²) < 4.78 is 2.12. The van der Waals surface area contributed by atoms with Crippen LogP contribution in [0.2, 0.25) is 0 Å². The van der Waals surface area contributed by atoms with Crippen molar-refractivity contribution in [2.75, 3.05) is 6.61 Å². The molecule has 2 aromatic rings. The van der Waals surface area contributed by atoms with Gasteiger partial charge >= 0.3 is 0 Å². The lowest BCUT2D eigenvalue weighted by Gasteiger charge is -2.30. The van der Waals surface area contributed by atoms with Gasteiger partial charge in [-0.15, -0.1) is 0 Å². The van der Waals surface area contributed by atoms with Crippen LogP contribution >= 0.6 is 0 Å². The van der Waals surface area contributed by atoms with Crippen molar-refractivity contribution >= 4 is 5.91 Å². The van der Waals surface area contributed by atoms with Crippen LogP contribution < -0.4 is 5.32 Å². The fourth-order valence-corrected chi connectivity index (χ4v) is 3.83. The van der Waals surface area contributed by atoms with Gasteiger partial charge in [-0.1, -0.05) is 19.4 Å². The van der Waals surface area contributed by atoms with Crippen molar-refractivity contribution in [1.29, 1.82) is 0 Å². The summed E-state index contributed by atoms with van der Waals surface area (Å²) >= 11 is 0. The average Bonchev–Trinajstić information content (AvgIpc) is 3.11. The zero-order chi connectivity index (χ0) is 18.0. The van der Waals surface area contributed by atoms with Crippen LogP contribution in [0, 0.1) is 19.3 Å². The second-order valence-corrected chi connectivity index (χ2v) is 7.42. The number of carbonyl (C=O) groups excluding carboxylic acids is 1. The second kappa shape index (κ2) is 7.00. The van der Waals surface area contributed by atoms with Gasteiger partial charge in [0.1, 0.15) is 0 Å². The number of hydrogen-bond donors (Lipinski definition) is 2. The molecule has 0 aromatic carbocycles. The summed E-state index contributed by atoms with van der Waals surface area (Å²) in [6.07, 6.45) is 4.70. The van der Waals surface area contributed by atoms with Crippen LogP contribution in [0.3, 0.4) is 0 Å². The highest BCUT2D eigenvalue weighted by molar-refractivity contribution is 5.96. The molecule has 5 nitrogen and oxygen atoms in total. The number of aliphatic hydroxyl groups is 1. The minimum atomic E-state index is -0.213. The number of aliphatic hydroxyl groups excluding tert-OH is 1. The van der Waals surface area contributed by atoms with Crippen LogP contribution in [-0.4, -0.2) is 33.2 Å². The first-order chi connectivity index (χ1) is 11.9. The summed E-state index contributed by atoms with van der Waals surface area (Å²) in [5, 5.41) is 12.8. The highest BCUT2D eigenvalue weighted by Crippen LogP contribution is 2.37. The zero-order valence-electron chi connectivity index (χ0n) is 15.2. The molecule has 3 rings (SSSR count). The molecular formula is C20H27N3O2. The summed E-state index contributed by atoms with van der Waals surface area (Å²) in [7, 11) is 0. The Hall–Kier alpha value is -2.14. The number of aryl methyl sites for hydroxylation is 1. The zero-order valence-corrected chi connectivity index (χ0v) is 15.2. The Morgan fingerprint density at radius 3 is 2.92 bits per heavy atom. The smallest absolute Gasteiger partial charge is 0.253 e. The van der Waals surface area contributed by atoms with E-state index < -0.39 is 0 Å². The van der Waals surface area contributed by atoms with Crippen LogP contribution in [0.5, 0.6) is 0 Å². The van der Waals surface area contributed by atoms with E-state index in [1.54, 1.807) is 6.20 Å². The third-order valence-electron chi connectivity index (χ3n) is 5.61. The SMILES string of the molecule is Cc1cc(C(=O)NC2CCCC2(C)CO)c(C)n1Cc1ccccn1. The van der Waals surface area contributed by atoms with Gasteiger partial charge in [-0.05, 0) is 44.9 Å². The van der Waals surface area contributed by atoms with Gasteiger partial charge in [-0.25, -0.2) is 0 Å². The van der Waals surface area contributed by atoms with Gasteiger partial charge in [-0.2, -0.15) is 0 Å². The molecule has 1 aliphatic rings. The molecule has 1 aliphatic carbocycles. The first-order valence-electron chi connectivity index (χ1n) is 8.93. The third-order valence-corrected chi connectivity index (χ3v) is 5.61. The highest BCUT2D eigenvalue weighted by Gasteiger charge is 2.39. The standard InChI is InChI=1S/C20H27N3O2/c1-14-11-17(15(2)23(14)12-16-7-4-5-10-21-16)19(25)22-18-8-6-9-20(18,3)13-24/h4-5,7,10-11,18,24H,6,8-9,12-13H2,1-3H3,(H,22,25). The van der Waals surface area contributed by atoms with Gasteiger partial charge in [0.2, 0.25) is 0 Å². The van der Waals surface area contributed by atoms with Crippen molar-refractivity contribution in [3.8, 4) is 0 Å². The Morgan fingerprint density at radius 2 is 2.24 bits per heavy atom. The molecule has 5 heteroatoms. The van der Waals surface area contributed by atoms with E-state index in [-0.39, 0.29) is 24.0 Å². The molecule has 2 aromatic heterocycles. The maximum Gasteiger partial charge on any atom is 0.253 e. The maximum atomic E-state index is 12.8. The van der Waals surface area contributed by atoms with E-state index >= 15 is 0 Å². The van der Waals surface area contributed by atoms with E-state index in [0.717, 1.165) is 36.3 Å². The van der Waals surface area contributed by atoms with E-state index in [2.05, 4.69) is 21.8 Å². The van der Waals surface area contributed by atoms with E-state index in [1.807, 2.05) is 38.1 Å². The van der Waals surface area contributed by atoms with E-state index in [9.17, 15) is 9.90 Å². The summed E-state index contributed by atoms with van der Waals surface area (Å²) in [4.78, 5) is 17.2. The molecule has 0 aliphatic heterocycles. The maximum absolute atomic E-state index is 12.8. The van der Waals surface area contributed by atoms with Gasteiger partial charge in [0.05, 0.1) is 24.4 Å². The Balaban J connectivity index is 1.79. The van der Waals surface area contributed by atoms with Crippen molar-refractivity contribution in [3.05, 3.63) is 53.1 Å². The molecule has 1 amide bonds. The summed E-state index contributed by atoms with van der Waals surface area (Å²) in [5.74, 6) is -0.0491. The summed E-state index contributed by atoms with van der Waals surface area (Å²) in [6.45, 7) is 6.81. The predicted molar refractivity (Wildman–Crippen MR) is 97.5 cm³/mol. The van der Waals surface area contributed by atoms with Crippen LogP contribution in [0.25, 0.3) is 0 Å². The molecule has 134 valence electrons. The van der Waals surface area contributed by atoms with Gasteiger partial charge in [-0.3, -0.25) is 9.78 Å². The number of rotatable bonds is 5. The lowest BCUT2D eigenvalue weighted by molar-refractivity contribution is 0.0830. The molecule has 2 N–H and O–H groups in total. The quantitative estimate of drug-likeness (QED) is 0.879. The summed E-state index contributed by atoms with van der Waals surface area (Å²) in [5.41, 5.74) is 3.46. The van der Waals surface area contributed by atoms with Gasteiger partial charge in [0.25, 0.3) is 5.91 Å². The van der Waals surface area contributed by atoms with Gasteiger partial charge in [0.15, 0.2) is 0 Å². The van der Waals surface area contributed by atoms with Crippen molar-refractivity contribution in [1.82, 2.24) is 14.9 Å². The van der Waals surface area contributed by atoms with E-state index in [1.165, 1.54) is 0 Å². The molecule has 0 bridgehead atoms. The predicted octanol–water partition coefficient (Wildman–Crippen LogP) is 2.83. The first-order valence-corrected chi connectivity index (χ1v) is 8.93. The minimum Gasteiger partial charge on any atom is -0.396 e. The number of pyridine rings is 1. The number of aromatic nitrogens is 2. The van der Waals surface area contributed by atoms with Crippen LogP contribution in [0.15, 0.2) is 30.5 Å². The first kappa shape index (κ1) is 17.7. The average molecular weight is 341 g/mol. The molecule has 0 radical (unpaired) electrons. The van der Waals surface area contributed by atoms with E-state index in [4.69, 9.17) is 0 Å². The largest absolute Gasteiger partial charge is 0.396 e. The Kier molecular flexibility index (Phi) is 4.95. The van der Waals surface area contributed by atoms with Gasteiger partial charge < -0.3 is 15.0 Å². The number of nitrogens with zero attached hydrogens (tertiary/aromatic N) is 2. The Bertz CT molecular complexity index is 754. The molecular weight excluding hydrogens is 314 g/mol. The lowest BCUT2D eigenvalue weighted by Crippen LogP contribution is -2.44. The van der Waals surface area contributed by atoms with Crippen molar-refractivity contribution < 1.29 is 9.90 Å². The van der Waals surface area contributed by atoms with Crippen molar-refractivity contribution in [3.63, 3.8) is 0 Å². The molecule has 2 heterocycles. The lowest BCUT2D eigenvalue weighted by atomic mass is 9.85. The second-order valence-electron chi connectivity index (χ2n) is 7.42. The van der Waals surface area contributed by atoms with Gasteiger partial charge in [0, 0.05) is 29.0 Å². The number of nitrogens with one attached hydrogen (secondary N) is 1. The Morgan fingerprint density at radius 1 is 1.44 bits per heavy atom. The fourth-order valence-electron chi connectivity index (χ4n) is 3.83. The normalized spacial score (nSPS) is 23.0. The monoisotopic (exact) mass is 341 g/mol. The number of carbonyl (C=O) groups is 1. The molecule has 0 saturated heterocycles. The van der Waals surface area contributed by atoms with Crippen LogP contribution in [0.1, 0.15) is 53.6 Å². The molecule has 0 spiro atoms. The van der Waals surface area contributed by atoms with Crippen molar-refractivity contribution in [2.24, 2.45) is 5.41 Å². The molecule has 2 atom stereocenters. The molecule has 1 saturated carbocycles. The van der Waals surface area contributed by atoms with Crippen LogP contribution in [-0.2, 0) is 6.54 Å². The van der Waals surface area contributed by atoms with Crippen LogP contribution in [0.4, 0.5) is 0 Å².